The van der Waals surface area contributed by atoms with Gasteiger partial charge in [0, 0.05) is 5.56 Å². The Hall–Kier alpha value is -1.92. The Morgan fingerprint density at radius 1 is 1.22 bits per heavy atom. The molecule has 0 saturated carbocycles. The highest BCUT2D eigenvalue weighted by Gasteiger charge is 2.12. The molecular weight excluding hydrogens is 424 g/mol. The first-order valence-electron chi connectivity index (χ1n) is 6.82. The molecule has 1 aromatic heterocycles. The van der Waals surface area contributed by atoms with E-state index in [2.05, 4.69) is 48.4 Å². The van der Waals surface area contributed by atoms with Crippen molar-refractivity contribution in [1.29, 1.82) is 0 Å². The van der Waals surface area contributed by atoms with Crippen LogP contribution in [-0.4, -0.2) is 16.6 Å². The summed E-state index contributed by atoms with van der Waals surface area (Å²) >= 11 is 6.97. The van der Waals surface area contributed by atoms with E-state index in [1.807, 2.05) is 30.3 Å². The van der Waals surface area contributed by atoms with Gasteiger partial charge in [0.15, 0.2) is 0 Å². The highest BCUT2D eigenvalue weighted by atomic mass is 79.9. The van der Waals surface area contributed by atoms with Crippen LogP contribution in [-0.2, 0) is 0 Å². The molecule has 0 amide bonds. The lowest BCUT2D eigenvalue weighted by Gasteiger charge is -2.11. The summed E-state index contributed by atoms with van der Waals surface area (Å²) in [6.45, 7) is 4.04. The second kappa shape index (κ2) is 6.68. The summed E-state index contributed by atoms with van der Waals surface area (Å²) in [7, 11) is 0. The van der Waals surface area contributed by atoms with Crippen LogP contribution >= 0.6 is 31.9 Å². The molecule has 0 fully saturated rings. The number of para-hydroxylation sites is 1. The zero-order valence-corrected chi connectivity index (χ0v) is 15.1. The van der Waals surface area contributed by atoms with E-state index in [0.717, 1.165) is 14.5 Å². The van der Waals surface area contributed by atoms with Crippen molar-refractivity contribution in [3.8, 4) is 17.1 Å². The van der Waals surface area contributed by atoms with Crippen molar-refractivity contribution in [3.63, 3.8) is 0 Å². The van der Waals surface area contributed by atoms with E-state index in [1.165, 1.54) is 0 Å². The molecular formula is C17H12Br2N2O2. The molecule has 23 heavy (non-hydrogen) atoms. The number of ether oxygens (including phenoxy) is 1. The summed E-state index contributed by atoms with van der Waals surface area (Å²) in [5.41, 5.74) is 1.27. The highest BCUT2D eigenvalue weighted by molar-refractivity contribution is 9.11. The van der Waals surface area contributed by atoms with Crippen molar-refractivity contribution in [3.05, 3.63) is 68.4 Å². The highest BCUT2D eigenvalue weighted by Crippen LogP contribution is 2.37. The quantitative estimate of drug-likeness (QED) is 0.605. The van der Waals surface area contributed by atoms with Gasteiger partial charge in [-0.1, -0.05) is 24.8 Å². The Morgan fingerprint density at radius 2 is 1.91 bits per heavy atom. The Morgan fingerprint density at radius 3 is 2.61 bits per heavy atom. The van der Waals surface area contributed by atoms with Gasteiger partial charge >= 0.3 is 0 Å². The summed E-state index contributed by atoms with van der Waals surface area (Å²) in [5.74, 6) is 1.18. The first-order chi connectivity index (χ1) is 11.1. The summed E-state index contributed by atoms with van der Waals surface area (Å²) < 4.78 is 7.12. The molecule has 116 valence electrons. The van der Waals surface area contributed by atoms with Gasteiger partial charge in [0.05, 0.1) is 19.8 Å². The number of fused-ring (bicyclic) bond motifs is 1. The molecule has 0 bridgehead atoms. The Kier molecular flexibility index (Phi) is 4.63. The van der Waals surface area contributed by atoms with E-state index in [1.54, 1.807) is 12.1 Å². The predicted molar refractivity (Wildman–Crippen MR) is 98.9 cm³/mol. The van der Waals surface area contributed by atoms with Gasteiger partial charge in [-0.2, -0.15) is 0 Å². The van der Waals surface area contributed by atoms with Gasteiger partial charge in [0.1, 0.15) is 18.2 Å². The van der Waals surface area contributed by atoms with Crippen LogP contribution in [0.1, 0.15) is 0 Å². The first kappa shape index (κ1) is 16.0. The van der Waals surface area contributed by atoms with Crippen molar-refractivity contribution in [1.82, 2.24) is 9.97 Å². The minimum absolute atomic E-state index is 0.162. The molecule has 6 heteroatoms. The van der Waals surface area contributed by atoms with E-state index in [-0.39, 0.29) is 5.56 Å². The number of rotatable bonds is 4. The van der Waals surface area contributed by atoms with Crippen molar-refractivity contribution in [2.24, 2.45) is 0 Å². The lowest BCUT2D eigenvalue weighted by Crippen LogP contribution is -2.09. The second-order valence-electron chi connectivity index (χ2n) is 4.80. The maximum absolute atomic E-state index is 12.2. The standard InChI is InChI=1S/C17H12Br2N2O2/c1-2-7-23-15-12(18)8-10(9-13(15)19)16-20-14-6-4-3-5-11(14)17(22)21-16/h2-6,8-9H,1,7H2,(H,20,21,22). The van der Waals surface area contributed by atoms with Crippen LogP contribution in [0.4, 0.5) is 0 Å². The molecule has 0 unspecified atom stereocenters. The van der Waals surface area contributed by atoms with Crippen LogP contribution in [0.15, 0.2) is 62.8 Å². The Balaban J connectivity index is 2.12. The second-order valence-corrected chi connectivity index (χ2v) is 6.51. The average molecular weight is 436 g/mol. The van der Waals surface area contributed by atoms with Gasteiger partial charge in [0.2, 0.25) is 0 Å². The number of hydrogen-bond acceptors (Lipinski definition) is 3. The maximum Gasteiger partial charge on any atom is 0.259 e. The third-order valence-electron chi connectivity index (χ3n) is 3.23. The van der Waals surface area contributed by atoms with Crippen molar-refractivity contribution >= 4 is 42.8 Å². The zero-order chi connectivity index (χ0) is 16.4. The summed E-state index contributed by atoms with van der Waals surface area (Å²) in [6, 6.07) is 11.0. The smallest absolute Gasteiger partial charge is 0.259 e. The molecule has 0 spiro atoms. The van der Waals surface area contributed by atoms with Crippen LogP contribution < -0.4 is 10.3 Å². The number of halogens is 2. The van der Waals surface area contributed by atoms with Crippen LogP contribution in [0, 0.1) is 0 Å². The molecule has 0 aliphatic carbocycles. The van der Waals surface area contributed by atoms with Crippen molar-refractivity contribution in [2.45, 2.75) is 0 Å². The number of benzene rings is 2. The molecule has 3 aromatic rings. The lowest BCUT2D eigenvalue weighted by molar-refractivity contribution is 0.358. The summed E-state index contributed by atoms with van der Waals surface area (Å²) in [4.78, 5) is 19.5. The third-order valence-corrected chi connectivity index (χ3v) is 4.41. The maximum atomic E-state index is 12.2. The predicted octanol–water partition coefficient (Wildman–Crippen LogP) is 4.68. The number of H-pyrrole nitrogens is 1. The minimum Gasteiger partial charge on any atom is -0.487 e. The molecule has 4 nitrogen and oxygen atoms in total. The molecule has 0 saturated heterocycles. The minimum atomic E-state index is -0.162. The SMILES string of the molecule is C=CCOc1c(Br)cc(-c2nc3ccccc3c(=O)[nH]2)cc1Br. The molecule has 3 rings (SSSR count). The number of aromatic amines is 1. The van der Waals surface area contributed by atoms with Gasteiger partial charge in [-0.05, 0) is 56.1 Å². The molecule has 1 N–H and O–H groups in total. The fraction of sp³-hybridized carbons (Fsp3) is 0.0588. The molecule has 0 aliphatic heterocycles. The van der Waals surface area contributed by atoms with Crippen LogP contribution in [0.2, 0.25) is 0 Å². The van der Waals surface area contributed by atoms with E-state index in [0.29, 0.717) is 29.1 Å². The van der Waals surface area contributed by atoms with Crippen molar-refractivity contribution in [2.75, 3.05) is 6.61 Å². The molecule has 1 heterocycles. The average Bonchev–Trinajstić information content (AvgIpc) is 2.54. The van der Waals surface area contributed by atoms with E-state index in [9.17, 15) is 4.79 Å². The number of nitrogens with zero attached hydrogens (tertiary/aromatic N) is 1. The van der Waals surface area contributed by atoms with Gasteiger partial charge in [-0.25, -0.2) is 4.98 Å². The summed E-state index contributed by atoms with van der Waals surface area (Å²) in [5, 5.41) is 0.570. The monoisotopic (exact) mass is 434 g/mol. The first-order valence-corrected chi connectivity index (χ1v) is 8.41. The number of hydrogen-bond donors (Lipinski definition) is 1. The third kappa shape index (κ3) is 3.23. The van der Waals surface area contributed by atoms with Gasteiger partial charge < -0.3 is 9.72 Å². The van der Waals surface area contributed by atoms with Crippen LogP contribution in [0.5, 0.6) is 5.75 Å². The number of aromatic nitrogens is 2. The van der Waals surface area contributed by atoms with Crippen LogP contribution in [0.3, 0.4) is 0 Å². The zero-order valence-electron chi connectivity index (χ0n) is 12.0. The fourth-order valence-electron chi connectivity index (χ4n) is 2.20. The fourth-order valence-corrected chi connectivity index (χ4v) is 3.62. The lowest BCUT2D eigenvalue weighted by atomic mass is 10.2. The molecule has 2 aromatic carbocycles. The molecule has 0 aliphatic rings. The van der Waals surface area contributed by atoms with E-state index in [4.69, 9.17) is 4.74 Å². The number of nitrogens with one attached hydrogen (secondary N) is 1. The molecule has 0 radical (unpaired) electrons. The van der Waals surface area contributed by atoms with Gasteiger partial charge in [-0.3, -0.25) is 4.79 Å². The summed E-state index contributed by atoms with van der Waals surface area (Å²) in [6.07, 6.45) is 1.68. The Bertz CT molecular complexity index is 928. The van der Waals surface area contributed by atoms with Gasteiger partial charge in [0.25, 0.3) is 5.56 Å². The Labute approximate surface area is 149 Å². The van der Waals surface area contributed by atoms with Crippen LogP contribution in [0.25, 0.3) is 22.3 Å². The topological polar surface area (TPSA) is 55.0 Å². The van der Waals surface area contributed by atoms with E-state index < -0.39 is 0 Å². The van der Waals surface area contributed by atoms with Crippen molar-refractivity contribution < 1.29 is 4.74 Å². The normalized spacial score (nSPS) is 10.7. The molecule has 0 atom stereocenters. The largest absolute Gasteiger partial charge is 0.487 e. The van der Waals surface area contributed by atoms with E-state index >= 15 is 0 Å². The van der Waals surface area contributed by atoms with Gasteiger partial charge in [-0.15, -0.1) is 0 Å².